The van der Waals surface area contributed by atoms with Crippen LogP contribution in [0.15, 0.2) is 24.3 Å². The Morgan fingerprint density at radius 3 is 2.65 bits per heavy atom. The SMILES string of the molecule is CC(C)(N)CCC(=O)NCc1ccccc1OC(F)F. The number of carbonyl (C=O) groups is 1. The van der Waals surface area contributed by atoms with Gasteiger partial charge < -0.3 is 15.8 Å². The number of hydrogen-bond acceptors (Lipinski definition) is 3. The zero-order valence-electron chi connectivity index (χ0n) is 11.7. The predicted molar refractivity (Wildman–Crippen MR) is 72.4 cm³/mol. The molecule has 0 saturated carbocycles. The number of nitrogens with two attached hydrogens (primary N) is 1. The first-order valence-electron chi connectivity index (χ1n) is 6.36. The largest absolute Gasteiger partial charge is 0.434 e. The Balaban J connectivity index is 2.51. The smallest absolute Gasteiger partial charge is 0.387 e. The van der Waals surface area contributed by atoms with Gasteiger partial charge in [0.1, 0.15) is 5.75 Å². The number of ether oxygens (including phenoxy) is 1. The zero-order chi connectivity index (χ0) is 15.2. The van der Waals surface area contributed by atoms with Crippen molar-refractivity contribution in [3.05, 3.63) is 29.8 Å². The van der Waals surface area contributed by atoms with Crippen molar-refractivity contribution in [2.24, 2.45) is 5.73 Å². The molecule has 1 aromatic carbocycles. The summed E-state index contributed by atoms with van der Waals surface area (Å²) >= 11 is 0. The van der Waals surface area contributed by atoms with Crippen molar-refractivity contribution in [2.45, 2.75) is 45.4 Å². The van der Waals surface area contributed by atoms with E-state index in [9.17, 15) is 13.6 Å². The molecule has 0 fully saturated rings. The van der Waals surface area contributed by atoms with Crippen LogP contribution in [-0.4, -0.2) is 18.1 Å². The lowest BCUT2D eigenvalue weighted by atomic mass is 10.00. The van der Waals surface area contributed by atoms with Gasteiger partial charge in [0.2, 0.25) is 5.91 Å². The molecule has 0 bridgehead atoms. The van der Waals surface area contributed by atoms with E-state index in [4.69, 9.17) is 5.73 Å². The molecule has 3 N–H and O–H groups in total. The highest BCUT2D eigenvalue weighted by Crippen LogP contribution is 2.20. The Kier molecular flexibility index (Phi) is 5.88. The van der Waals surface area contributed by atoms with Crippen LogP contribution in [-0.2, 0) is 11.3 Å². The average Bonchev–Trinajstić information content (AvgIpc) is 2.34. The van der Waals surface area contributed by atoms with E-state index in [0.29, 0.717) is 18.4 Å². The molecule has 0 saturated heterocycles. The predicted octanol–water partition coefficient (Wildman–Crippen LogP) is 2.42. The Bertz CT molecular complexity index is 445. The highest BCUT2D eigenvalue weighted by molar-refractivity contribution is 5.76. The summed E-state index contributed by atoms with van der Waals surface area (Å²) in [5.41, 5.74) is 5.89. The maximum Gasteiger partial charge on any atom is 0.387 e. The molecule has 112 valence electrons. The van der Waals surface area contributed by atoms with Crippen molar-refractivity contribution in [3.63, 3.8) is 0 Å². The third kappa shape index (κ3) is 6.47. The second kappa shape index (κ2) is 7.19. The number of halogens is 2. The van der Waals surface area contributed by atoms with Crippen LogP contribution >= 0.6 is 0 Å². The van der Waals surface area contributed by atoms with Gasteiger partial charge in [-0.25, -0.2) is 0 Å². The second-order valence-corrected chi connectivity index (χ2v) is 5.25. The molecule has 0 aliphatic carbocycles. The monoisotopic (exact) mass is 286 g/mol. The van der Waals surface area contributed by atoms with Crippen LogP contribution in [0.4, 0.5) is 8.78 Å². The van der Waals surface area contributed by atoms with Crippen LogP contribution in [0.2, 0.25) is 0 Å². The van der Waals surface area contributed by atoms with Gasteiger partial charge in [0.15, 0.2) is 0 Å². The van der Waals surface area contributed by atoms with E-state index in [0.717, 1.165) is 0 Å². The van der Waals surface area contributed by atoms with E-state index in [1.807, 2.05) is 13.8 Å². The van der Waals surface area contributed by atoms with Crippen LogP contribution < -0.4 is 15.8 Å². The number of benzene rings is 1. The number of hydrogen-bond donors (Lipinski definition) is 2. The molecule has 1 rings (SSSR count). The van der Waals surface area contributed by atoms with Crippen LogP contribution in [0.3, 0.4) is 0 Å². The number of para-hydroxylation sites is 1. The lowest BCUT2D eigenvalue weighted by Gasteiger charge is -2.17. The Morgan fingerprint density at radius 2 is 2.05 bits per heavy atom. The Labute approximate surface area is 117 Å². The second-order valence-electron chi connectivity index (χ2n) is 5.25. The van der Waals surface area contributed by atoms with Gasteiger partial charge in [0.25, 0.3) is 0 Å². The summed E-state index contributed by atoms with van der Waals surface area (Å²) in [4.78, 5) is 11.6. The quantitative estimate of drug-likeness (QED) is 0.809. The molecule has 0 atom stereocenters. The molecule has 0 aliphatic rings. The van der Waals surface area contributed by atoms with Gasteiger partial charge in [-0.2, -0.15) is 8.78 Å². The van der Waals surface area contributed by atoms with Gasteiger partial charge in [0.05, 0.1) is 0 Å². The molecule has 20 heavy (non-hydrogen) atoms. The molecule has 0 aliphatic heterocycles. The first-order chi connectivity index (χ1) is 9.28. The van der Waals surface area contributed by atoms with Crippen molar-refractivity contribution in [1.29, 1.82) is 0 Å². The summed E-state index contributed by atoms with van der Waals surface area (Å²) in [6.45, 7) is 0.940. The minimum atomic E-state index is -2.88. The third-order valence-corrected chi connectivity index (χ3v) is 2.66. The van der Waals surface area contributed by atoms with E-state index >= 15 is 0 Å². The zero-order valence-corrected chi connectivity index (χ0v) is 11.7. The van der Waals surface area contributed by atoms with Crippen LogP contribution in [0.25, 0.3) is 0 Å². The van der Waals surface area contributed by atoms with Crippen molar-refractivity contribution in [1.82, 2.24) is 5.32 Å². The van der Waals surface area contributed by atoms with E-state index in [1.54, 1.807) is 18.2 Å². The first kappa shape index (κ1) is 16.4. The number of nitrogens with one attached hydrogen (secondary N) is 1. The maximum absolute atomic E-state index is 12.2. The van der Waals surface area contributed by atoms with Crippen molar-refractivity contribution < 1.29 is 18.3 Å². The molecule has 1 amide bonds. The molecule has 0 aromatic heterocycles. The average molecular weight is 286 g/mol. The molecule has 4 nitrogen and oxygen atoms in total. The molecular weight excluding hydrogens is 266 g/mol. The van der Waals surface area contributed by atoms with Gasteiger partial charge in [-0.1, -0.05) is 18.2 Å². The van der Waals surface area contributed by atoms with Gasteiger partial charge >= 0.3 is 6.61 Å². The number of alkyl halides is 2. The lowest BCUT2D eigenvalue weighted by Crippen LogP contribution is -2.34. The van der Waals surface area contributed by atoms with Gasteiger partial charge in [0, 0.05) is 24.1 Å². The summed E-state index contributed by atoms with van der Waals surface area (Å²) in [5, 5.41) is 2.67. The van der Waals surface area contributed by atoms with Crippen LogP contribution in [0.5, 0.6) is 5.75 Å². The van der Waals surface area contributed by atoms with Crippen LogP contribution in [0, 0.1) is 0 Å². The molecule has 6 heteroatoms. The highest BCUT2D eigenvalue weighted by Gasteiger charge is 2.14. The fraction of sp³-hybridized carbons (Fsp3) is 0.500. The van der Waals surface area contributed by atoms with E-state index in [1.165, 1.54) is 6.07 Å². The molecular formula is C14H20F2N2O2. The van der Waals surface area contributed by atoms with Crippen molar-refractivity contribution in [3.8, 4) is 5.75 Å². The van der Waals surface area contributed by atoms with E-state index in [2.05, 4.69) is 10.1 Å². The maximum atomic E-state index is 12.2. The minimum absolute atomic E-state index is 0.0713. The van der Waals surface area contributed by atoms with Gasteiger partial charge in [-0.3, -0.25) is 4.79 Å². The van der Waals surface area contributed by atoms with Gasteiger partial charge in [-0.05, 0) is 26.3 Å². The first-order valence-corrected chi connectivity index (χ1v) is 6.36. The standard InChI is InChI=1S/C14H20F2N2O2/c1-14(2,17)8-7-12(19)18-9-10-5-3-4-6-11(10)20-13(15)16/h3-6,13H,7-9,17H2,1-2H3,(H,18,19). The number of amides is 1. The molecule has 0 radical (unpaired) electrons. The molecule has 1 aromatic rings. The van der Waals surface area contributed by atoms with E-state index < -0.39 is 12.2 Å². The van der Waals surface area contributed by atoms with Crippen molar-refractivity contribution in [2.75, 3.05) is 0 Å². The number of rotatable bonds is 7. The summed E-state index contributed by atoms with van der Waals surface area (Å²) in [6.07, 6.45) is 0.843. The summed E-state index contributed by atoms with van der Waals surface area (Å²) in [5.74, 6) is -0.0997. The molecule has 0 unspecified atom stereocenters. The fourth-order valence-corrected chi connectivity index (χ4v) is 1.58. The fourth-order valence-electron chi connectivity index (χ4n) is 1.58. The number of carbonyl (C=O) groups excluding carboxylic acids is 1. The summed E-state index contributed by atoms with van der Waals surface area (Å²) < 4.78 is 28.8. The molecule has 0 heterocycles. The van der Waals surface area contributed by atoms with Crippen LogP contribution in [0.1, 0.15) is 32.3 Å². The van der Waals surface area contributed by atoms with Crippen molar-refractivity contribution >= 4 is 5.91 Å². The highest BCUT2D eigenvalue weighted by atomic mass is 19.3. The van der Waals surface area contributed by atoms with E-state index in [-0.39, 0.29) is 18.2 Å². The summed E-state index contributed by atoms with van der Waals surface area (Å²) in [6, 6.07) is 6.37. The Morgan fingerprint density at radius 1 is 1.40 bits per heavy atom. The minimum Gasteiger partial charge on any atom is -0.434 e. The normalized spacial score (nSPS) is 11.5. The topological polar surface area (TPSA) is 64.4 Å². The molecule has 0 spiro atoms. The summed E-state index contributed by atoms with van der Waals surface area (Å²) in [7, 11) is 0. The lowest BCUT2D eigenvalue weighted by molar-refractivity contribution is -0.121. The Hall–Kier alpha value is -1.69. The third-order valence-electron chi connectivity index (χ3n) is 2.66. The van der Waals surface area contributed by atoms with Gasteiger partial charge in [-0.15, -0.1) is 0 Å².